The van der Waals surface area contributed by atoms with Crippen molar-refractivity contribution in [3.05, 3.63) is 18.2 Å². The second-order valence-electron chi connectivity index (χ2n) is 6.58. The van der Waals surface area contributed by atoms with Crippen molar-refractivity contribution < 1.29 is 14.3 Å². The van der Waals surface area contributed by atoms with Crippen LogP contribution in [0.4, 0.5) is 0 Å². The molecule has 7 nitrogen and oxygen atoms in total. The van der Waals surface area contributed by atoms with Crippen LogP contribution >= 0.6 is 0 Å². The highest BCUT2D eigenvalue weighted by Gasteiger charge is 2.44. The Balaban J connectivity index is 1.56. The quantitative estimate of drug-likeness (QED) is 0.777. The van der Waals surface area contributed by atoms with E-state index in [1.54, 1.807) is 12.5 Å². The molecular formula is C16H26N4O3. The van der Waals surface area contributed by atoms with Crippen molar-refractivity contribution in [2.24, 2.45) is 5.92 Å². The first-order valence-electron chi connectivity index (χ1n) is 8.30. The molecule has 1 saturated carbocycles. The zero-order valence-electron chi connectivity index (χ0n) is 13.9. The van der Waals surface area contributed by atoms with Crippen LogP contribution in [0.2, 0.25) is 0 Å². The Morgan fingerprint density at radius 1 is 1.52 bits per heavy atom. The third-order valence-electron chi connectivity index (χ3n) is 4.72. The van der Waals surface area contributed by atoms with E-state index in [0.29, 0.717) is 31.4 Å². The fourth-order valence-corrected chi connectivity index (χ4v) is 3.50. The van der Waals surface area contributed by atoms with E-state index in [1.165, 1.54) is 0 Å². The summed E-state index contributed by atoms with van der Waals surface area (Å²) in [5.41, 5.74) is 0.552. The minimum atomic E-state index is 0.0231. The van der Waals surface area contributed by atoms with Crippen LogP contribution in [0.3, 0.4) is 0 Å². The van der Waals surface area contributed by atoms with Crippen molar-refractivity contribution in [3.63, 3.8) is 0 Å². The second-order valence-corrected chi connectivity index (χ2v) is 6.58. The lowest BCUT2D eigenvalue weighted by Gasteiger charge is -2.39. The fourth-order valence-electron chi connectivity index (χ4n) is 3.50. The van der Waals surface area contributed by atoms with Crippen molar-refractivity contribution in [3.8, 4) is 0 Å². The molecule has 7 heteroatoms. The predicted molar refractivity (Wildman–Crippen MR) is 85.2 cm³/mol. The summed E-state index contributed by atoms with van der Waals surface area (Å²) < 4.78 is 11.8. The number of hydrogen-bond acceptors (Lipinski definition) is 5. The lowest BCUT2D eigenvalue weighted by molar-refractivity contribution is -0.0757. The molecule has 23 heavy (non-hydrogen) atoms. The van der Waals surface area contributed by atoms with Crippen LogP contribution in [-0.4, -0.2) is 84.8 Å². The van der Waals surface area contributed by atoms with Gasteiger partial charge in [-0.25, -0.2) is 4.98 Å². The molecule has 2 fully saturated rings. The molecule has 0 unspecified atom stereocenters. The van der Waals surface area contributed by atoms with Gasteiger partial charge in [-0.1, -0.05) is 0 Å². The Bertz CT molecular complexity index is 505. The molecule has 1 aromatic rings. The number of morpholine rings is 1. The summed E-state index contributed by atoms with van der Waals surface area (Å²) in [6, 6.07) is 0.155. The number of imidazole rings is 1. The lowest BCUT2D eigenvalue weighted by Crippen LogP contribution is -2.53. The smallest absolute Gasteiger partial charge is 0.272 e. The number of aromatic amines is 1. The zero-order valence-corrected chi connectivity index (χ0v) is 13.9. The van der Waals surface area contributed by atoms with Crippen molar-refractivity contribution in [2.75, 3.05) is 47.0 Å². The van der Waals surface area contributed by atoms with E-state index in [1.807, 2.05) is 19.0 Å². The molecule has 2 heterocycles. The van der Waals surface area contributed by atoms with Gasteiger partial charge in [0.05, 0.1) is 44.5 Å². The number of ether oxygens (including phenoxy) is 2. The van der Waals surface area contributed by atoms with Gasteiger partial charge in [0.1, 0.15) is 5.69 Å². The van der Waals surface area contributed by atoms with Crippen LogP contribution in [0.5, 0.6) is 0 Å². The number of nitrogens with one attached hydrogen (secondary N) is 1. The maximum absolute atomic E-state index is 12.6. The summed E-state index contributed by atoms with van der Waals surface area (Å²) in [7, 11) is 4.08. The summed E-state index contributed by atoms with van der Waals surface area (Å²) in [5, 5.41) is 0. The van der Waals surface area contributed by atoms with Crippen LogP contribution in [-0.2, 0) is 9.47 Å². The SMILES string of the molecule is CN(C)CCOC[C@@H]1CC[C@H]2[C@H]1OCCN2C(=O)c1cnc[nH]1. The molecule has 0 radical (unpaired) electrons. The van der Waals surface area contributed by atoms with Crippen LogP contribution in [0.15, 0.2) is 12.5 Å². The Morgan fingerprint density at radius 2 is 2.39 bits per heavy atom. The number of carbonyl (C=O) groups excluding carboxylic acids is 1. The van der Waals surface area contributed by atoms with E-state index in [4.69, 9.17) is 9.47 Å². The zero-order chi connectivity index (χ0) is 16.2. The minimum Gasteiger partial charge on any atom is -0.380 e. The van der Waals surface area contributed by atoms with Gasteiger partial charge in [-0.05, 0) is 26.9 Å². The molecule has 2 aliphatic rings. The third kappa shape index (κ3) is 3.73. The van der Waals surface area contributed by atoms with Crippen molar-refractivity contribution in [2.45, 2.75) is 25.0 Å². The maximum Gasteiger partial charge on any atom is 0.272 e. The Labute approximate surface area is 137 Å². The molecule has 3 rings (SSSR count). The van der Waals surface area contributed by atoms with Gasteiger partial charge in [-0.3, -0.25) is 4.79 Å². The number of likely N-dealkylation sites (N-methyl/N-ethyl adjacent to an activating group) is 1. The molecule has 128 valence electrons. The standard InChI is InChI=1S/C16H26N4O3/c1-19(2)5-7-22-10-12-3-4-14-15(12)23-8-6-20(14)16(21)13-9-17-11-18-13/h9,11-12,14-15H,3-8,10H2,1-2H3,(H,17,18)/t12-,14-,15-/m0/s1. The summed E-state index contributed by atoms with van der Waals surface area (Å²) in [6.45, 7) is 3.60. The van der Waals surface area contributed by atoms with Crippen LogP contribution in [0.25, 0.3) is 0 Å². The summed E-state index contributed by atoms with van der Waals surface area (Å²) in [5.74, 6) is 0.398. The Hall–Kier alpha value is -1.44. The van der Waals surface area contributed by atoms with Gasteiger partial charge in [0.2, 0.25) is 0 Å². The van der Waals surface area contributed by atoms with Gasteiger partial charge in [0.15, 0.2) is 0 Å². The predicted octanol–water partition coefficient (Wildman–Crippen LogP) is 0.608. The van der Waals surface area contributed by atoms with Gasteiger partial charge in [0, 0.05) is 19.0 Å². The first-order chi connectivity index (χ1) is 11.2. The number of amides is 1. The van der Waals surface area contributed by atoms with Gasteiger partial charge in [-0.2, -0.15) is 0 Å². The van der Waals surface area contributed by atoms with Gasteiger partial charge >= 0.3 is 0 Å². The summed E-state index contributed by atoms with van der Waals surface area (Å²) in [4.78, 5) is 23.5. The average molecular weight is 322 g/mol. The van der Waals surface area contributed by atoms with Crippen LogP contribution in [0, 0.1) is 5.92 Å². The van der Waals surface area contributed by atoms with Crippen molar-refractivity contribution >= 4 is 5.91 Å². The van der Waals surface area contributed by atoms with Crippen LogP contribution < -0.4 is 0 Å². The van der Waals surface area contributed by atoms with E-state index in [0.717, 1.165) is 26.0 Å². The van der Waals surface area contributed by atoms with Crippen LogP contribution in [0.1, 0.15) is 23.3 Å². The van der Waals surface area contributed by atoms with E-state index < -0.39 is 0 Å². The molecule has 3 atom stereocenters. The number of nitrogens with zero attached hydrogens (tertiary/aromatic N) is 3. The summed E-state index contributed by atoms with van der Waals surface area (Å²) in [6.07, 6.45) is 5.25. The molecule has 0 aromatic carbocycles. The van der Waals surface area contributed by atoms with E-state index in [9.17, 15) is 4.79 Å². The number of carbonyl (C=O) groups is 1. The molecule has 1 N–H and O–H groups in total. The highest BCUT2D eigenvalue weighted by atomic mass is 16.5. The maximum atomic E-state index is 12.6. The topological polar surface area (TPSA) is 70.7 Å². The van der Waals surface area contributed by atoms with Gasteiger partial charge in [0.25, 0.3) is 5.91 Å². The fraction of sp³-hybridized carbons (Fsp3) is 0.750. The van der Waals surface area contributed by atoms with E-state index in [2.05, 4.69) is 14.9 Å². The number of fused-ring (bicyclic) bond motifs is 1. The Kier molecular flexibility index (Phi) is 5.30. The lowest BCUT2D eigenvalue weighted by atomic mass is 10.0. The van der Waals surface area contributed by atoms with E-state index in [-0.39, 0.29) is 18.1 Å². The van der Waals surface area contributed by atoms with Gasteiger partial charge < -0.3 is 24.3 Å². The summed E-state index contributed by atoms with van der Waals surface area (Å²) >= 11 is 0. The highest BCUT2D eigenvalue weighted by Crippen LogP contribution is 2.35. The number of rotatable bonds is 6. The highest BCUT2D eigenvalue weighted by molar-refractivity contribution is 5.92. The minimum absolute atomic E-state index is 0.0231. The third-order valence-corrected chi connectivity index (χ3v) is 4.72. The Morgan fingerprint density at radius 3 is 3.13 bits per heavy atom. The number of hydrogen-bond donors (Lipinski definition) is 1. The van der Waals surface area contributed by atoms with Gasteiger partial charge in [-0.15, -0.1) is 0 Å². The van der Waals surface area contributed by atoms with Crippen molar-refractivity contribution in [1.29, 1.82) is 0 Å². The molecule has 1 aromatic heterocycles. The average Bonchev–Trinajstić information content (AvgIpc) is 3.20. The molecule has 1 amide bonds. The largest absolute Gasteiger partial charge is 0.380 e. The first kappa shape index (κ1) is 16.4. The number of H-pyrrole nitrogens is 1. The monoisotopic (exact) mass is 322 g/mol. The molecular weight excluding hydrogens is 296 g/mol. The molecule has 1 aliphatic carbocycles. The molecule has 1 saturated heterocycles. The normalized spacial score (nSPS) is 27.4. The van der Waals surface area contributed by atoms with Crippen molar-refractivity contribution in [1.82, 2.24) is 19.8 Å². The second kappa shape index (κ2) is 7.42. The molecule has 1 aliphatic heterocycles. The number of aromatic nitrogens is 2. The first-order valence-corrected chi connectivity index (χ1v) is 8.30. The van der Waals surface area contributed by atoms with E-state index >= 15 is 0 Å². The molecule has 0 spiro atoms. The molecule has 0 bridgehead atoms.